The second-order valence-corrected chi connectivity index (χ2v) is 6.37. The highest BCUT2D eigenvalue weighted by atomic mass is 35.5. The van der Waals surface area contributed by atoms with Crippen LogP contribution in [0.25, 0.3) is 0 Å². The third-order valence-corrected chi connectivity index (χ3v) is 4.68. The van der Waals surface area contributed by atoms with Crippen LogP contribution in [0.4, 0.5) is 0 Å². The third-order valence-electron chi connectivity index (χ3n) is 4.31. The maximum Gasteiger partial charge on any atom is 0.166 e. The van der Waals surface area contributed by atoms with Gasteiger partial charge in [-0.1, -0.05) is 35.9 Å². The molecule has 0 saturated carbocycles. The van der Waals surface area contributed by atoms with E-state index in [2.05, 4.69) is 16.1 Å². The highest BCUT2D eigenvalue weighted by molar-refractivity contribution is 6.31. The number of hydrogen-bond donors (Lipinski definition) is 1. The van der Waals surface area contributed by atoms with Crippen LogP contribution in [0, 0.1) is 0 Å². The van der Waals surface area contributed by atoms with Crippen LogP contribution in [0.3, 0.4) is 0 Å². The molecule has 1 N–H and O–H groups in total. The van der Waals surface area contributed by atoms with Gasteiger partial charge < -0.3 is 9.84 Å². The zero-order valence-corrected chi connectivity index (χ0v) is 15.0. The molecule has 1 saturated heterocycles. The summed E-state index contributed by atoms with van der Waals surface area (Å²) >= 11 is 6.23. The number of methoxy groups -OCH3 is 1. The van der Waals surface area contributed by atoms with E-state index in [-0.39, 0.29) is 5.75 Å². The molecule has 1 heterocycles. The van der Waals surface area contributed by atoms with E-state index in [9.17, 15) is 5.11 Å². The highest BCUT2D eigenvalue weighted by Crippen LogP contribution is 2.28. The van der Waals surface area contributed by atoms with Crippen molar-refractivity contribution in [2.24, 2.45) is 5.10 Å². The third kappa shape index (κ3) is 4.44. The molecule has 3 rings (SSSR count). The zero-order valence-electron chi connectivity index (χ0n) is 14.2. The molecule has 0 aromatic heterocycles. The lowest BCUT2D eigenvalue weighted by Crippen LogP contribution is -2.43. The quantitative estimate of drug-likeness (QED) is 0.833. The van der Waals surface area contributed by atoms with Crippen molar-refractivity contribution < 1.29 is 9.84 Å². The Kier molecular flexibility index (Phi) is 5.79. The lowest BCUT2D eigenvalue weighted by molar-refractivity contribution is 0.131. The molecule has 1 fully saturated rings. The molecular weight excluding hydrogens is 338 g/mol. The maximum atomic E-state index is 10.1. The summed E-state index contributed by atoms with van der Waals surface area (Å²) in [4.78, 5) is 2.37. The van der Waals surface area contributed by atoms with E-state index in [1.165, 1.54) is 7.11 Å². The number of hydrazone groups is 1. The summed E-state index contributed by atoms with van der Waals surface area (Å²) in [6.07, 6.45) is 1.68. The number of phenols is 1. The molecule has 0 radical (unpaired) electrons. The van der Waals surface area contributed by atoms with Crippen molar-refractivity contribution in [3.05, 3.63) is 58.6 Å². The van der Waals surface area contributed by atoms with Gasteiger partial charge in [-0.15, -0.1) is 0 Å². The number of aromatic hydroxyl groups is 1. The highest BCUT2D eigenvalue weighted by Gasteiger charge is 2.16. The molecule has 2 aromatic rings. The molecule has 5 nitrogen and oxygen atoms in total. The minimum atomic E-state index is 0.117. The Morgan fingerprint density at radius 2 is 1.88 bits per heavy atom. The number of halogens is 1. The van der Waals surface area contributed by atoms with Crippen LogP contribution in [0.2, 0.25) is 5.02 Å². The SMILES string of the molecule is COc1cccc(/C=N\N2CCN(Cc3ccccc3Cl)CC2)c1O. The van der Waals surface area contributed by atoms with Gasteiger partial charge in [0.25, 0.3) is 0 Å². The maximum absolute atomic E-state index is 10.1. The van der Waals surface area contributed by atoms with Crippen molar-refractivity contribution >= 4 is 17.8 Å². The predicted octanol–water partition coefficient (Wildman–Crippen LogP) is 3.21. The first-order valence-electron chi connectivity index (χ1n) is 8.28. The fraction of sp³-hybridized carbons (Fsp3) is 0.316. The molecule has 0 bridgehead atoms. The van der Waals surface area contributed by atoms with Crippen LogP contribution in [-0.4, -0.2) is 54.5 Å². The van der Waals surface area contributed by atoms with Crippen LogP contribution in [0.1, 0.15) is 11.1 Å². The lowest BCUT2D eigenvalue weighted by Gasteiger charge is -2.33. The lowest BCUT2D eigenvalue weighted by atomic mass is 10.2. The Balaban J connectivity index is 1.55. The Bertz CT molecular complexity index is 743. The zero-order chi connectivity index (χ0) is 17.6. The van der Waals surface area contributed by atoms with E-state index in [0.29, 0.717) is 11.3 Å². The number of phenolic OH excluding ortho intramolecular Hbond substituents is 1. The number of nitrogens with zero attached hydrogens (tertiary/aromatic N) is 3. The molecule has 2 aromatic carbocycles. The second kappa shape index (κ2) is 8.23. The summed E-state index contributed by atoms with van der Waals surface area (Å²) in [6.45, 7) is 4.38. The van der Waals surface area contributed by atoms with E-state index in [1.54, 1.807) is 12.3 Å². The Labute approximate surface area is 153 Å². The number of ether oxygens (including phenoxy) is 1. The van der Waals surface area contributed by atoms with Gasteiger partial charge in [0.05, 0.1) is 13.3 Å². The summed E-state index contributed by atoms with van der Waals surface area (Å²) in [5.41, 5.74) is 1.81. The van der Waals surface area contributed by atoms with Crippen molar-refractivity contribution in [3.63, 3.8) is 0 Å². The number of hydrogen-bond acceptors (Lipinski definition) is 5. The minimum Gasteiger partial charge on any atom is -0.504 e. The molecule has 132 valence electrons. The van der Waals surface area contributed by atoms with Crippen LogP contribution >= 0.6 is 11.6 Å². The average molecular weight is 360 g/mol. The van der Waals surface area contributed by atoms with E-state index in [0.717, 1.165) is 43.3 Å². The molecule has 1 aliphatic rings. The minimum absolute atomic E-state index is 0.117. The first-order chi connectivity index (χ1) is 12.2. The summed E-state index contributed by atoms with van der Waals surface area (Å²) in [5.74, 6) is 0.569. The van der Waals surface area contributed by atoms with Gasteiger partial charge in [-0.2, -0.15) is 5.10 Å². The van der Waals surface area contributed by atoms with Crippen LogP contribution in [-0.2, 0) is 6.54 Å². The fourth-order valence-electron chi connectivity index (χ4n) is 2.83. The van der Waals surface area contributed by atoms with Crippen molar-refractivity contribution in [1.82, 2.24) is 9.91 Å². The molecule has 0 aliphatic carbocycles. The van der Waals surface area contributed by atoms with Gasteiger partial charge >= 0.3 is 0 Å². The van der Waals surface area contributed by atoms with Gasteiger partial charge in [-0.25, -0.2) is 0 Å². The second-order valence-electron chi connectivity index (χ2n) is 5.96. The molecule has 0 atom stereocenters. The molecular formula is C19H22ClN3O2. The smallest absolute Gasteiger partial charge is 0.166 e. The van der Waals surface area contributed by atoms with Crippen LogP contribution < -0.4 is 4.74 Å². The summed E-state index contributed by atoms with van der Waals surface area (Å²) in [5, 5.41) is 17.4. The Morgan fingerprint density at radius 3 is 2.60 bits per heavy atom. The van der Waals surface area contributed by atoms with Gasteiger partial charge in [0, 0.05) is 43.3 Å². The molecule has 0 unspecified atom stereocenters. The first kappa shape index (κ1) is 17.6. The topological polar surface area (TPSA) is 48.3 Å². The largest absolute Gasteiger partial charge is 0.504 e. The number of piperazine rings is 1. The normalized spacial score (nSPS) is 15.7. The van der Waals surface area contributed by atoms with Crippen LogP contribution in [0.5, 0.6) is 11.5 Å². The van der Waals surface area contributed by atoms with Gasteiger partial charge in [-0.3, -0.25) is 9.91 Å². The van der Waals surface area contributed by atoms with Gasteiger partial charge in [0.2, 0.25) is 0 Å². The Morgan fingerprint density at radius 1 is 1.12 bits per heavy atom. The molecule has 0 spiro atoms. The van der Waals surface area contributed by atoms with Crippen molar-refractivity contribution in [3.8, 4) is 11.5 Å². The van der Waals surface area contributed by atoms with Gasteiger partial charge in [0.15, 0.2) is 11.5 Å². The van der Waals surface area contributed by atoms with Gasteiger partial charge in [0.1, 0.15) is 0 Å². The van der Waals surface area contributed by atoms with Gasteiger partial charge in [-0.05, 0) is 23.8 Å². The molecule has 0 amide bonds. The van der Waals surface area contributed by atoms with E-state index >= 15 is 0 Å². The van der Waals surface area contributed by atoms with E-state index in [1.807, 2.05) is 35.3 Å². The summed E-state index contributed by atoms with van der Waals surface area (Å²) in [6, 6.07) is 13.3. The number of para-hydroxylation sites is 1. The van der Waals surface area contributed by atoms with Crippen molar-refractivity contribution in [2.45, 2.75) is 6.54 Å². The Hall–Kier alpha value is -2.24. The number of benzene rings is 2. The summed E-state index contributed by atoms with van der Waals surface area (Å²) < 4.78 is 5.12. The monoisotopic (exact) mass is 359 g/mol. The van der Waals surface area contributed by atoms with Crippen molar-refractivity contribution in [1.29, 1.82) is 0 Å². The van der Waals surface area contributed by atoms with Crippen molar-refractivity contribution in [2.75, 3.05) is 33.3 Å². The molecule has 1 aliphatic heterocycles. The molecule has 25 heavy (non-hydrogen) atoms. The summed E-state index contributed by atoms with van der Waals surface area (Å²) in [7, 11) is 1.54. The molecule has 6 heteroatoms. The number of rotatable bonds is 5. The first-order valence-corrected chi connectivity index (χ1v) is 8.66. The fourth-order valence-corrected chi connectivity index (χ4v) is 3.03. The standard InChI is InChI=1S/C19H22ClN3O2/c1-25-18-8-4-6-15(19(18)24)13-21-23-11-9-22(10-12-23)14-16-5-2-3-7-17(16)20/h2-8,13,24H,9-12,14H2,1H3/b21-13-. The van der Waals surface area contributed by atoms with E-state index in [4.69, 9.17) is 16.3 Å². The van der Waals surface area contributed by atoms with E-state index < -0.39 is 0 Å². The predicted molar refractivity (Wildman–Crippen MR) is 101 cm³/mol. The average Bonchev–Trinajstić information content (AvgIpc) is 2.64. The van der Waals surface area contributed by atoms with Crippen LogP contribution in [0.15, 0.2) is 47.6 Å².